The van der Waals surface area contributed by atoms with Gasteiger partial charge in [-0.3, -0.25) is 0 Å². The Morgan fingerprint density at radius 3 is 2.48 bits per heavy atom. The number of fused-ring (bicyclic) bond motifs is 1. The molecule has 0 aliphatic heterocycles. The second-order valence-corrected chi connectivity index (χ2v) is 5.71. The smallest absolute Gasteiger partial charge is 0.119 e. The molecule has 1 heterocycles. The Labute approximate surface area is 145 Å². The van der Waals surface area contributed by atoms with Crippen LogP contribution in [0.2, 0.25) is 0 Å². The zero-order chi connectivity index (χ0) is 17.2. The summed E-state index contributed by atoms with van der Waals surface area (Å²) in [5.74, 6) is 0.825. The van der Waals surface area contributed by atoms with Gasteiger partial charge in [0.2, 0.25) is 0 Å². The molecule has 0 saturated carbocycles. The molecule has 25 heavy (non-hydrogen) atoms. The second kappa shape index (κ2) is 6.14. The van der Waals surface area contributed by atoms with Crippen LogP contribution in [-0.2, 0) is 0 Å². The predicted molar refractivity (Wildman–Crippen MR) is 97.8 cm³/mol. The number of aromatic nitrogens is 2. The van der Waals surface area contributed by atoms with E-state index in [1.54, 1.807) is 18.0 Å². The van der Waals surface area contributed by atoms with Crippen molar-refractivity contribution in [1.82, 2.24) is 9.78 Å². The van der Waals surface area contributed by atoms with Crippen molar-refractivity contribution in [3.05, 3.63) is 78.5 Å². The lowest BCUT2D eigenvalue weighted by molar-refractivity contribution is 0.415. The Balaban J connectivity index is 1.83. The van der Waals surface area contributed by atoms with Crippen LogP contribution in [0.3, 0.4) is 0 Å². The van der Waals surface area contributed by atoms with E-state index in [4.69, 9.17) is 4.74 Å². The Bertz CT molecular complexity index is 1090. The fourth-order valence-corrected chi connectivity index (χ4v) is 2.88. The lowest BCUT2D eigenvalue weighted by atomic mass is 10.0. The maximum Gasteiger partial charge on any atom is 0.119 e. The third-order valence-electron chi connectivity index (χ3n) is 4.18. The molecule has 0 amide bonds. The first-order chi connectivity index (χ1) is 12.3. The molecule has 3 aromatic carbocycles. The van der Waals surface area contributed by atoms with Crippen molar-refractivity contribution in [2.24, 2.45) is 0 Å². The Kier molecular flexibility index (Phi) is 3.68. The molecular weight excluding hydrogens is 310 g/mol. The summed E-state index contributed by atoms with van der Waals surface area (Å²) in [7, 11) is 1.66. The molecule has 0 bridgehead atoms. The van der Waals surface area contributed by atoms with Crippen molar-refractivity contribution in [1.29, 1.82) is 5.26 Å². The van der Waals surface area contributed by atoms with Crippen LogP contribution >= 0.6 is 0 Å². The lowest BCUT2D eigenvalue weighted by Crippen LogP contribution is -1.94. The van der Waals surface area contributed by atoms with Crippen LogP contribution in [0.25, 0.3) is 27.7 Å². The Morgan fingerprint density at radius 1 is 0.960 bits per heavy atom. The normalized spacial score (nSPS) is 10.6. The van der Waals surface area contributed by atoms with Gasteiger partial charge in [0.1, 0.15) is 17.5 Å². The van der Waals surface area contributed by atoms with Gasteiger partial charge in [0.05, 0.1) is 18.4 Å². The van der Waals surface area contributed by atoms with E-state index in [-0.39, 0.29) is 0 Å². The van der Waals surface area contributed by atoms with Crippen LogP contribution in [0.5, 0.6) is 5.75 Å². The van der Waals surface area contributed by atoms with E-state index in [0.29, 0.717) is 11.3 Å². The van der Waals surface area contributed by atoms with Gasteiger partial charge in [0.25, 0.3) is 0 Å². The molecule has 0 aliphatic rings. The van der Waals surface area contributed by atoms with E-state index in [9.17, 15) is 5.26 Å². The number of hydrogen-bond donors (Lipinski definition) is 0. The number of nitrogens with zero attached hydrogens (tertiary/aromatic N) is 3. The van der Waals surface area contributed by atoms with Crippen molar-refractivity contribution < 1.29 is 4.74 Å². The molecule has 0 atom stereocenters. The first-order valence-electron chi connectivity index (χ1n) is 7.92. The van der Waals surface area contributed by atoms with Gasteiger partial charge in [-0.2, -0.15) is 10.4 Å². The summed E-state index contributed by atoms with van der Waals surface area (Å²) in [5.41, 5.74) is 3.08. The largest absolute Gasteiger partial charge is 0.497 e. The minimum absolute atomic E-state index is 0.553. The van der Waals surface area contributed by atoms with E-state index in [1.165, 1.54) is 0 Å². The highest BCUT2D eigenvalue weighted by Gasteiger charge is 2.12. The van der Waals surface area contributed by atoms with E-state index in [0.717, 1.165) is 27.8 Å². The summed E-state index contributed by atoms with van der Waals surface area (Å²) >= 11 is 0. The molecule has 4 rings (SSSR count). The van der Waals surface area contributed by atoms with Gasteiger partial charge in [-0.1, -0.05) is 36.4 Å². The maximum absolute atomic E-state index is 9.50. The van der Waals surface area contributed by atoms with Crippen molar-refractivity contribution in [3.63, 3.8) is 0 Å². The van der Waals surface area contributed by atoms with E-state index >= 15 is 0 Å². The topological polar surface area (TPSA) is 50.8 Å². The van der Waals surface area contributed by atoms with Gasteiger partial charge in [-0.15, -0.1) is 0 Å². The number of benzene rings is 3. The van der Waals surface area contributed by atoms with E-state index < -0.39 is 0 Å². The molecule has 120 valence electrons. The average Bonchev–Trinajstić information content (AvgIpc) is 3.12. The van der Waals surface area contributed by atoms with Gasteiger partial charge >= 0.3 is 0 Å². The molecule has 4 nitrogen and oxygen atoms in total. The van der Waals surface area contributed by atoms with Crippen LogP contribution < -0.4 is 4.74 Å². The zero-order valence-corrected chi connectivity index (χ0v) is 13.7. The maximum atomic E-state index is 9.50. The van der Waals surface area contributed by atoms with Crippen LogP contribution in [0.15, 0.2) is 72.9 Å². The van der Waals surface area contributed by atoms with Crippen LogP contribution in [0.4, 0.5) is 0 Å². The number of hydrogen-bond acceptors (Lipinski definition) is 3. The number of para-hydroxylation sites is 1. The summed E-state index contributed by atoms with van der Waals surface area (Å²) in [4.78, 5) is 0. The van der Waals surface area contributed by atoms with Crippen molar-refractivity contribution in [2.45, 2.75) is 0 Å². The molecule has 4 aromatic rings. The first-order valence-corrected chi connectivity index (χ1v) is 7.92. The Morgan fingerprint density at radius 2 is 1.72 bits per heavy atom. The van der Waals surface area contributed by atoms with Gasteiger partial charge in [0, 0.05) is 11.8 Å². The number of rotatable bonds is 3. The van der Waals surface area contributed by atoms with Gasteiger partial charge in [-0.25, -0.2) is 4.68 Å². The fourth-order valence-electron chi connectivity index (χ4n) is 2.88. The summed E-state index contributed by atoms with van der Waals surface area (Å²) in [6.45, 7) is 0. The number of methoxy groups -OCH3 is 1. The van der Waals surface area contributed by atoms with Crippen molar-refractivity contribution in [2.75, 3.05) is 7.11 Å². The van der Waals surface area contributed by atoms with E-state index in [2.05, 4.69) is 11.2 Å². The summed E-state index contributed by atoms with van der Waals surface area (Å²) < 4.78 is 7.01. The highest BCUT2D eigenvalue weighted by molar-refractivity contribution is 5.88. The standard InChI is InChI=1S/C21H15N3O/c1-25-20-10-9-15-11-17(8-7-16(15)12-20)21-18(13-22)14-24(23-21)19-5-3-2-4-6-19/h2-12,14H,1H3. The molecule has 0 spiro atoms. The van der Waals surface area contributed by atoms with Crippen LogP contribution in [-0.4, -0.2) is 16.9 Å². The molecular formula is C21H15N3O. The third-order valence-corrected chi connectivity index (χ3v) is 4.18. The fraction of sp³-hybridized carbons (Fsp3) is 0.0476. The highest BCUT2D eigenvalue weighted by Crippen LogP contribution is 2.28. The molecule has 4 heteroatoms. The summed E-state index contributed by atoms with van der Waals surface area (Å²) in [6, 6.07) is 24.0. The van der Waals surface area contributed by atoms with Crippen LogP contribution in [0.1, 0.15) is 5.56 Å². The van der Waals surface area contributed by atoms with Gasteiger partial charge in [0.15, 0.2) is 0 Å². The molecule has 0 aliphatic carbocycles. The highest BCUT2D eigenvalue weighted by atomic mass is 16.5. The second-order valence-electron chi connectivity index (χ2n) is 5.71. The molecule has 0 N–H and O–H groups in total. The zero-order valence-electron chi connectivity index (χ0n) is 13.7. The molecule has 0 unspecified atom stereocenters. The molecule has 1 aromatic heterocycles. The molecule has 0 saturated heterocycles. The Hall–Kier alpha value is -3.58. The van der Waals surface area contributed by atoms with E-state index in [1.807, 2.05) is 66.7 Å². The first kappa shape index (κ1) is 15.0. The third kappa shape index (κ3) is 2.73. The average molecular weight is 325 g/mol. The van der Waals surface area contributed by atoms with Crippen molar-refractivity contribution in [3.8, 4) is 28.8 Å². The monoisotopic (exact) mass is 325 g/mol. The minimum atomic E-state index is 0.553. The lowest BCUT2D eigenvalue weighted by Gasteiger charge is -2.05. The summed E-state index contributed by atoms with van der Waals surface area (Å²) in [6.07, 6.45) is 1.77. The summed E-state index contributed by atoms with van der Waals surface area (Å²) in [5, 5.41) is 16.3. The number of nitriles is 1. The molecule has 0 fully saturated rings. The van der Waals surface area contributed by atoms with Crippen molar-refractivity contribution >= 4 is 10.8 Å². The van der Waals surface area contributed by atoms with Gasteiger partial charge in [-0.05, 0) is 41.1 Å². The minimum Gasteiger partial charge on any atom is -0.497 e. The molecule has 0 radical (unpaired) electrons. The predicted octanol–water partition coefficient (Wildman–Crippen LogP) is 4.57. The van der Waals surface area contributed by atoms with Crippen LogP contribution in [0, 0.1) is 11.3 Å². The SMILES string of the molecule is COc1ccc2cc(-c3nn(-c4ccccc4)cc3C#N)ccc2c1. The van der Waals surface area contributed by atoms with Gasteiger partial charge < -0.3 is 4.74 Å². The quantitative estimate of drug-likeness (QED) is 0.554. The number of ether oxygens (including phenoxy) is 1.